The summed E-state index contributed by atoms with van der Waals surface area (Å²) in [6.45, 7) is 5.42. The van der Waals surface area contributed by atoms with E-state index in [1.807, 2.05) is 18.5 Å². The maximum atomic E-state index is 13.0. The van der Waals surface area contributed by atoms with Crippen LogP contribution in [0.2, 0.25) is 0 Å². The van der Waals surface area contributed by atoms with Gasteiger partial charge in [-0.15, -0.1) is 0 Å². The van der Waals surface area contributed by atoms with Gasteiger partial charge in [-0.2, -0.15) is 28.5 Å². The number of amides is 1. The number of aromatic nitrogens is 6. The molecule has 166 valence electrons. The SMILES string of the molecule is CCn1ncc(Cn2cc(NC(=O)CCn3nc(C(F)(F)F)cc3C3CC3)cn2)c1C. The minimum atomic E-state index is -4.49. The van der Waals surface area contributed by atoms with Crippen molar-refractivity contribution in [3.8, 4) is 0 Å². The van der Waals surface area contributed by atoms with Crippen LogP contribution in [0.1, 0.15) is 54.7 Å². The minimum Gasteiger partial charge on any atom is -0.323 e. The smallest absolute Gasteiger partial charge is 0.323 e. The van der Waals surface area contributed by atoms with Gasteiger partial charge in [0.1, 0.15) is 0 Å². The molecule has 0 aromatic carbocycles. The topological polar surface area (TPSA) is 82.6 Å². The van der Waals surface area contributed by atoms with Crippen LogP contribution in [0.4, 0.5) is 18.9 Å². The second kappa shape index (κ2) is 8.20. The van der Waals surface area contributed by atoms with Crippen LogP contribution in [0.5, 0.6) is 0 Å². The van der Waals surface area contributed by atoms with E-state index >= 15 is 0 Å². The van der Waals surface area contributed by atoms with E-state index in [2.05, 4.69) is 20.6 Å². The zero-order valence-corrected chi connectivity index (χ0v) is 17.4. The van der Waals surface area contributed by atoms with Crippen molar-refractivity contribution in [1.29, 1.82) is 0 Å². The molecule has 0 saturated heterocycles. The van der Waals surface area contributed by atoms with E-state index in [-0.39, 0.29) is 24.8 Å². The summed E-state index contributed by atoms with van der Waals surface area (Å²) in [5.74, 6) is -0.203. The van der Waals surface area contributed by atoms with Crippen molar-refractivity contribution >= 4 is 11.6 Å². The van der Waals surface area contributed by atoms with Crippen molar-refractivity contribution in [1.82, 2.24) is 29.3 Å². The fraction of sp³-hybridized carbons (Fsp3) is 0.500. The summed E-state index contributed by atoms with van der Waals surface area (Å²) in [5.41, 5.74) is 2.28. The first-order valence-corrected chi connectivity index (χ1v) is 10.2. The minimum absolute atomic E-state index is 0.0201. The first-order valence-electron chi connectivity index (χ1n) is 10.2. The molecule has 3 heterocycles. The molecule has 0 aliphatic heterocycles. The highest BCUT2D eigenvalue weighted by Crippen LogP contribution is 2.42. The number of halogens is 3. The molecule has 1 fully saturated rings. The Morgan fingerprint density at radius 1 is 1.23 bits per heavy atom. The van der Waals surface area contributed by atoms with Gasteiger partial charge in [0.15, 0.2) is 5.69 Å². The van der Waals surface area contributed by atoms with Gasteiger partial charge in [-0.3, -0.25) is 18.8 Å². The summed E-state index contributed by atoms with van der Waals surface area (Å²) < 4.78 is 43.9. The number of anilines is 1. The predicted octanol–water partition coefficient (Wildman–Crippen LogP) is 3.58. The number of aryl methyl sites for hydroxylation is 2. The van der Waals surface area contributed by atoms with E-state index < -0.39 is 11.9 Å². The van der Waals surface area contributed by atoms with E-state index in [4.69, 9.17) is 0 Å². The van der Waals surface area contributed by atoms with Crippen LogP contribution in [-0.4, -0.2) is 35.2 Å². The molecule has 1 N–H and O–H groups in total. The molecule has 1 saturated carbocycles. The van der Waals surface area contributed by atoms with Crippen LogP contribution in [-0.2, 0) is 30.6 Å². The fourth-order valence-electron chi connectivity index (χ4n) is 3.54. The standard InChI is InChI=1S/C20H24F3N7O/c1-3-29-13(2)15(9-25-29)11-28-12-16(10-24-28)26-19(31)6-7-30-17(14-4-5-14)8-18(27-30)20(21,22)23/h8-10,12,14H,3-7,11H2,1-2H3,(H,26,31). The molecule has 0 spiro atoms. The molecule has 3 aromatic rings. The largest absolute Gasteiger partial charge is 0.435 e. The van der Waals surface area contributed by atoms with Gasteiger partial charge < -0.3 is 5.32 Å². The summed E-state index contributed by atoms with van der Waals surface area (Å²) >= 11 is 0. The number of carbonyl (C=O) groups excluding carboxylic acids is 1. The Morgan fingerprint density at radius 2 is 2.00 bits per heavy atom. The van der Waals surface area contributed by atoms with Gasteiger partial charge in [0.2, 0.25) is 5.91 Å². The Labute approximate surface area is 177 Å². The van der Waals surface area contributed by atoms with Crippen molar-refractivity contribution < 1.29 is 18.0 Å². The van der Waals surface area contributed by atoms with Crippen LogP contribution >= 0.6 is 0 Å². The number of carbonyl (C=O) groups is 1. The molecule has 0 atom stereocenters. The van der Waals surface area contributed by atoms with Gasteiger partial charge in [-0.25, -0.2) is 0 Å². The van der Waals surface area contributed by atoms with Crippen molar-refractivity contribution in [2.75, 3.05) is 5.32 Å². The molecular formula is C20H24F3N7O. The molecule has 11 heteroatoms. The summed E-state index contributed by atoms with van der Waals surface area (Å²) in [5, 5.41) is 15.0. The van der Waals surface area contributed by atoms with Crippen LogP contribution in [0.15, 0.2) is 24.7 Å². The average molecular weight is 435 g/mol. The highest BCUT2D eigenvalue weighted by Gasteiger charge is 2.37. The van der Waals surface area contributed by atoms with Gasteiger partial charge in [0.05, 0.1) is 24.6 Å². The van der Waals surface area contributed by atoms with Crippen LogP contribution in [0.25, 0.3) is 0 Å². The third kappa shape index (κ3) is 4.80. The lowest BCUT2D eigenvalue weighted by molar-refractivity contribution is -0.141. The van der Waals surface area contributed by atoms with Crippen molar-refractivity contribution in [3.05, 3.63) is 47.3 Å². The molecule has 0 unspecified atom stereocenters. The summed E-state index contributed by atoms with van der Waals surface area (Å²) in [4.78, 5) is 12.3. The third-order valence-corrected chi connectivity index (χ3v) is 5.40. The highest BCUT2D eigenvalue weighted by atomic mass is 19.4. The van der Waals surface area contributed by atoms with E-state index in [1.165, 1.54) is 4.68 Å². The normalized spacial score (nSPS) is 14.2. The molecule has 0 bridgehead atoms. The molecule has 1 aliphatic carbocycles. The Balaban J connectivity index is 1.35. The quantitative estimate of drug-likeness (QED) is 0.586. The zero-order chi connectivity index (χ0) is 22.2. The molecule has 1 amide bonds. The fourth-order valence-corrected chi connectivity index (χ4v) is 3.54. The Morgan fingerprint density at radius 3 is 2.65 bits per heavy atom. The maximum Gasteiger partial charge on any atom is 0.435 e. The molecule has 4 rings (SSSR count). The second-order valence-corrected chi connectivity index (χ2v) is 7.75. The predicted molar refractivity (Wildman–Crippen MR) is 106 cm³/mol. The number of alkyl halides is 3. The lowest BCUT2D eigenvalue weighted by atomic mass is 10.2. The number of rotatable bonds is 8. The van der Waals surface area contributed by atoms with E-state index in [1.54, 1.807) is 23.3 Å². The van der Waals surface area contributed by atoms with Crippen LogP contribution in [0, 0.1) is 6.92 Å². The first kappa shape index (κ1) is 21.1. The van der Waals surface area contributed by atoms with E-state index in [0.717, 1.165) is 36.7 Å². The number of hydrogen-bond acceptors (Lipinski definition) is 4. The summed E-state index contributed by atoms with van der Waals surface area (Å²) in [6.07, 6.45) is 2.30. The average Bonchev–Trinajstić information content (AvgIpc) is 3.14. The van der Waals surface area contributed by atoms with Gasteiger partial charge in [-0.1, -0.05) is 0 Å². The molecule has 31 heavy (non-hydrogen) atoms. The molecular weight excluding hydrogens is 411 g/mol. The molecule has 8 nitrogen and oxygen atoms in total. The Bertz CT molecular complexity index is 1080. The highest BCUT2D eigenvalue weighted by molar-refractivity contribution is 5.90. The third-order valence-electron chi connectivity index (χ3n) is 5.40. The number of nitrogens with one attached hydrogen (secondary N) is 1. The summed E-state index contributed by atoms with van der Waals surface area (Å²) in [7, 11) is 0. The summed E-state index contributed by atoms with van der Waals surface area (Å²) in [6, 6.07) is 1.10. The van der Waals surface area contributed by atoms with Crippen molar-refractivity contribution in [2.45, 2.75) is 64.8 Å². The van der Waals surface area contributed by atoms with Gasteiger partial charge in [-0.05, 0) is 32.8 Å². The van der Waals surface area contributed by atoms with Crippen molar-refractivity contribution in [3.63, 3.8) is 0 Å². The monoisotopic (exact) mass is 435 g/mol. The van der Waals surface area contributed by atoms with Gasteiger partial charge >= 0.3 is 6.18 Å². The number of nitrogens with zero attached hydrogens (tertiary/aromatic N) is 6. The van der Waals surface area contributed by atoms with E-state index in [9.17, 15) is 18.0 Å². The van der Waals surface area contributed by atoms with Crippen LogP contribution < -0.4 is 5.32 Å². The first-order chi connectivity index (χ1) is 14.7. The number of hydrogen-bond donors (Lipinski definition) is 1. The van der Waals surface area contributed by atoms with Crippen LogP contribution in [0.3, 0.4) is 0 Å². The Kier molecular flexibility index (Phi) is 5.59. The lowest BCUT2D eigenvalue weighted by Crippen LogP contribution is -2.16. The Hall–Kier alpha value is -3.11. The molecule has 3 aromatic heterocycles. The molecule has 0 radical (unpaired) electrons. The lowest BCUT2D eigenvalue weighted by Gasteiger charge is -2.07. The van der Waals surface area contributed by atoms with Crippen molar-refractivity contribution in [2.24, 2.45) is 0 Å². The van der Waals surface area contributed by atoms with E-state index in [0.29, 0.717) is 17.9 Å². The maximum absolute atomic E-state index is 13.0. The van der Waals surface area contributed by atoms with Gasteiger partial charge in [0, 0.05) is 48.6 Å². The second-order valence-electron chi connectivity index (χ2n) is 7.75. The van der Waals surface area contributed by atoms with Gasteiger partial charge in [0.25, 0.3) is 0 Å². The molecule has 1 aliphatic rings. The zero-order valence-electron chi connectivity index (χ0n) is 17.4.